The molecule has 1 saturated heterocycles. The molecule has 28 heavy (non-hydrogen) atoms. The van der Waals surface area contributed by atoms with E-state index in [-0.39, 0.29) is 0 Å². The number of hydrogen-bond donors (Lipinski definition) is 0. The van der Waals surface area contributed by atoms with E-state index < -0.39 is 26.6 Å². The molecule has 0 atom stereocenters. The van der Waals surface area contributed by atoms with Gasteiger partial charge < -0.3 is 4.90 Å². The third-order valence-corrected chi connectivity index (χ3v) is 6.96. The van der Waals surface area contributed by atoms with Crippen LogP contribution in [-0.2, 0) is 16.6 Å². The average molecular weight is 405 g/mol. The van der Waals surface area contributed by atoms with Crippen LogP contribution in [0.15, 0.2) is 53.6 Å². The van der Waals surface area contributed by atoms with Crippen molar-refractivity contribution >= 4 is 20.9 Å². The SMILES string of the molecule is CN1CCN(Cc2cccc3c2ccn3S(=O)(=O)c2c(F)cccc2F)CC1. The molecule has 0 N–H and O–H groups in total. The summed E-state index contributed by atoms with van der Waals surface area (Å²) in [6.07, 6.45) is 1.36. The zero-order chi connectivity index (χ0) is 19.9. The third kappa shape index (κ3) is 3.32. The highest BCUT2D eigenvalue weighted by atomic mass is 32.2. The van der Waals surface area contributed by atoms with Gasteiger partial charge in [0, 0.05) is 44.3 Å². The molecule has 2 aromatic carbocycles. The van der Waals surface area contributed by atoms with Crippen molar-refractivity contribution in [2.45, 2.75) is 11.4 Å². The van der Waals surface area contributed by atoms with Gasteiger partial charge in [-0.1, -0.05) is 18.2 Å². The lowest BCUT2D eigenvalue weighted by Crippen LogP contribution is -2.43. The fourth-order valence-electron chi connectivity index (χ4n) is 3.63. The van der Waals surface area contributed by atoms with Crippen LogP contribution < -0.4 is 0 Å². The van der Waals surface area contributed by atoms with Crippen LogP contribution >= 0.6 is 0 Å². The third-order valence-electron chi connectivity index (χ3n) is 5.21. The Labute approximate surface area is 162 Å². The molecule has 8 heteroatoms. The summed E-state index contributed by atoms with van der Waals surface area (Å²) in [6, 6.07) is 10.1. The molecular formula is C20H21F2N3O2S. The standard InChI is InChI=1S/C20H21F2N3O2S/c1-23-10-12-24(13-11-23)14-15-4-2-7-19-16(15)8-9-25(19)28(26,27)20-17(21)5-3-6-18(20)22/h2-9H,10-14H2,1H3. The second kappa shape index (κ2) is 7.27. The van der Waals surface area contributed by atoms with E-state index in [0.29, 0.717) is 12.1 Å². The molecule has 0 unspecified atom stereocenters. The van der Waals surface area contributed by atoms with Gasteiger partial charge in [0.1, 0.15) is 11.6 Å². The minimum absolute atomic E-state index is 0.411. The Balaban J connectivity index is 1.74. The Bertz CT molecular complexity index is 1100. The zero-order valence-electron chi connectivity index (χ0n) is 15.5. The monoisotopic (exact) mass is 405 g/mol. The maximum absolute atomic E-state index is 14.1. The van der Waals surface area contributed by atoms with Gasteiger partial charge in [0.05, 0.1) is 5.52 Å². The minimum atomic E-state index is -4.39. The number of nitrogens with zero attached hydrogens (tertiary/aromatic N) is 3. The van der Waals surface area contributed by atoms with Gasteiger partial charge in [0.25, 0.3) is 10.0 Å². The number of likely N-dealkylation sites (N-methyl/N-ethyl adjacent to an activating group) is 1. The molecule has 3 aromatic rings. The average Bonchev–Trinajstić information content (AvgIpc) is 3.09. The van der Waals surface area contributed by atoms with Crippen molar-refractivity contribution in [2.24, 2.45) is 0 Å². The second-order valence-electron chi connectivity index (χ2n) is 7.10. The Morgan fingerprint density at radius 1 is 0.929 bits per heavy atom. The minimum Gasteiger partial charge on any atom is -0.304 e. The van der Waals surface area contributed by atoms with E-state index in [0.717, 1.165) is 59.3 Å². The molecule has 0 spiro atoms. The summed E-state index contributed by atoms with van der Waals surface area (Å²) >= 11 is 0. The molecule has 4 rings (SSSR count). The first-order valence-corrected chi connectivity index (χ1v) is 10.5. The van der Waals surface area contributed by atoms with Gasteiger partial charge in [-0.25, -0.2) is 21.2 Å². The van der Waals surface area contributed by atoms with Gasteiger partial charge in [-0.05, 0) is 36.9 Å². The molecule has 1 aliphatic heterocycles. The molecule has 1 aliphatic rings. The van der Waals surface area contributed by atoms with Crippen molar-refractivity contribution in [1.82, 2.24) is 13.8 Å². The van der Waals surface area contributed by atoms with E-state index in [9.17, 15) is 17.2 Å². The van der Waals surface area contributed by atoms with Crippen LogP contribution in [0.1, 0.15) is 5.56 Å². The maximum Gasteiger partial charge on any atom is 0.274 e. The lowest BCUT2D eigenvalue weighted by atomic mass is 10.1. The van der Waals surface area contributed by atoms with E-state index in [1.54, 1.807) is 18.2 Å². The van der Waals surface area contributed by atoms with Crippen molar-refractivity contribution < 1.29 is 17.2 Å². The van der Waals surface area contributed by atoms with Crippen molar-refractivity contribution in [3.8, 4) is 0 Å². The van der Waals surface area contributed by atoms with Crippen molar-refractivity contribution in [3.63, 3.8) is 0 Å². The highest BCUT2D eigenvalue weighted by Crippen LogP contribution is 2.28. The largest absolute Gasteiger partial charge is 0.304 e. The topological polar surface area (TPSA) is 45.5 Å². The summed E-state index contributed by atoms with van der Waals surface area (Å²) in [5.41, 5.74) is 1.40. The fraction of sp³-hybridized carbons (Fsp3) is 0.300. The quantitative estimate of drug-likeness (QED) is 0.670. The van der Waals surface area contributed by atoms with Crippen LogP contribution in [0, 0.1) is 11.6 Å². The van der Waals surface area contributed by atoms with Crippen LogP contribution in [0.5, 0.6) is 0 Å². The van der Waals surface area contributed by atoms with Crippen molar-refractivity contribution in [2.75, 3.05) is 33.2 Å². The highest BCUT2D eigenvalue weighted by Gasteiger charge is 2.27. The fourth-order valence-corrected chi connectivity index (χ4v) is 5.09. The number of hydrogen-bond acceptors (Lipinski definition) is 4. The molecule has 2 heterocycles. The summed E-state index contributed by atoms with van der Waals surface area (Å²) in [7, 11) is -2.31. The number of fused-ring (bicyclic) bond motifs is 1. The van der Waals surface area contributed by atoms with Crippen LogP contribution in [0.3, 0.4) is 0 Å². The van der Waals surface area contributed by atoms with Crippen LogP contribution in [-0.4, -0.2) is 55.4 Å². The Kier molecular flexibility index (Phi) is 4.95. The molecule has 0 bridgehead atoms. The van der Waals surface area contributed by atoms with Crippen LogP contribution in [0.25, 0.3) is 10.9 Å². The predicted octanol–water partition coefficient (Wildman–Crippen LogP) is 2.90. The molecule has 0 aliphatic carbocycles. The Morgan fingerprint density at radius 2 is 1.57 bits per heavy atom. The molecular weight excluding hydrogens is 384 g/mol. The predicted molar refractivity (Wildman–Crippen MR) is 104 cm³/mol. The maximum atomic E-state index is 14.1. The van der Waals surface area contributed by atoms with Gasteiger partial charge in [-0.15, -0.1) is 0 Å². The summed E-state index contributed by atoms with van der Waals surface area (Å²) in [4.78, 5) is 3.65. The Hall–Kier alpha value is -2.29. The van der Waals surface area contributed by atoms with E-state index in [2.05, 4.69) is 16.8 Å². The number of benzene rings is 2. The zero-order valence-corrected chi connectivity index (χ0v) is 16.3. The molecule has 5 nitrogen and oxygen atoms in total. The van der Waals surface area contributed by atoms with E-state index in [1.807, 2.05) is 6.07 Å². The lowest BCUT2D eigenvalue weighted by Gasteiger charge is -2.32. The second-order valence-corrected chi connectivity index (χ2v) is 8.85. The van der Waals surface area contributed by atoms with Gasteiger partial charge in [-0.3, -0.25) is 4.90 Å². The lowest BCUT2D eigenvalue weighted by molar-refractivity contribution is 0.148. The number of halogens is 2. The van der Waals surface area contributed by atoms with Gasteiger partial charge in [-0.2, -0.15) is 0 Å². The Morgan fingerprint density at radius 3 is 2.25 bits per heavy atom. The first-order chi connectivity index (χ1) is 13.4. The first kappa shape index (κ1) is 19.0. The van der Waals surface area contributed by atoms with E-state index in [1.165, 1.54) is 6.20 Å². The van der Waals surface area contributed by atoms with Crippen LogP contribution in [0.4, 0.5) is 8.78 Å². The molecule has 1 fully saturated rings. The number of piperazine rings is 1. The smallest absolute Gasteiger partial charge is 0.274 e. The first-order valence-electron chi connectivity index (χ1n) is 9.07. The number of aromatic nitrogens is 1. The molecule has 0 amide bonds. The van der Waals surface area contributed by atoms with Gasteiger partial charge in [0.15, 0.2) is 4.90 Å². The van der Waals surface area contributed by atoms with Gasteiger partial charge in [0.2, 0.25) is 0 Å². The van der Waals surface area contributed by atoms with E-state index >= 15 is 0 Å². The summed E-state index contributed by atoms with van der Waals surface area (Å²) in [5.74, 6) is -2.20. The molecule has 1 aromatic heterocycles. The van der Waals surface area contributed by atoms with E-state index in [4.69, 9.17) is 0 Å². The summed E-state index contributed by atoms with van der Waals surface area (Å²) < 4.78 is 55.1. The summed E-state index contributed by atoms with van der Waals surface area (Å²) in [6.45, 7) is 4.54. The molecule has 148 valence electrons. The molecule has 0 radical (unpaired) electrons. The molecule has 0 saturated carbocycles. The highest BCUT2D eigenvalue weighted by molar-refractivity contribution is 7.90. The van der Waals surface area contributed by atoms with Crippen molar-refractivity contribution in [1.29, 1.82) is 0 Å². The normalized spacial score (nSPS) is 16.7. The number of rotatable bonds is 4. The van der Waals surface area contributed by atoms with Crippen molar-refractivity contribution in [3.05, 3.63) is 65.9 Å². The van der Waals surface area contributed by atoms with Gasteiger partial charge >= 0.3 is 0 Å². The summed E-state index contributed by atoms with van der Waals surface area (Å²) in [5, 5.41) is 0.766. The van der Waals surface area contributed by atoms with Crippen LogP contribution in [0.2, 0.25) is 0 Å².